The van der Waals surface area contributed by atoms with E-state index in [1.54, 1.807) is 0 Å². The minimum absolute atomic E-state index is 0.0190. The molecule has 2 rings (SSSR count). The fraction of sp³-hybridized carbons (Fsp3) is 0. The third kappa shape index (κ3) is 4.77. The number of hydrogen-bond donors (Lipinski definition) is 3. The van der Waals surface area contributed by atoms with Gasteiger partial charge in [0, 0.05) is 17.4 Å². The number of rotatable bonds is 4. The van der Waals surface area contributed by atoms with Crippen LogP contribution in [0.3, 0.4) is 0 Å². The van der Waals surface area contributed by atoms with Gasteiger partial charge in [-0.25, -0.2) is 17.2 Å². The van der Waals surface area contributed by atoms with Gasteiger partial charge in [0.1, 0.15) is 10.7 Å². The van der Waals surface area contributed by atoms with Crippen LogP contribution in [0.25, 0.3) is 0 Å². The van der Waals surface area contributed by atoms with E-state index in [1.807, 2.05) is 4.72 Å². The van der Waals surface area contributed by atoms with Crippen molar-refractivity contribution in [1.82, 2.24) is 0 Å². The number of anilines is 1. The Hall–Kier alpha value is -2.60. The van der Waals surface area contributed by atoms with E-state index in [0.29, 0.717) is 0 Å². The van der Waals surface area contributed by atoms with Gasteiger partial charge in [0.15, 0.2) is 5.82 Å². The summed E-state index contributed by atoms with van der Waals surface area (Å²) in [5.74, 6) is 2.25. The number of halogens is 4. The molecule has 0 radical (unpaired) electrons. The second-order valence-electron chi connectivity index (χ2n) is 4.98. The van der Waals surface area contributed by atoms with Crippen molar-refractivity contribution in [3.8, 4) is 11.8 Å². The lowest BCUT2D eigenvalue weighted by molar-refractivity contribution is 0.578. The van der Waals surface area contributed by atoms with Crippen molar-refractivity contribution in [2.45, 2.75) is 4.90 Å². The van der Waals surface area contributed by atoms with Crippen LogP contribution in [0.1, 0.15) is 5.56 Å². The Morgan fingerprint density at radius 2 is 1.93 bits per heavy atom. The molecule has 0 saturated carbocycles. The Morgan fingerprint density at radius 1 is 1.22 bits per heavy atom. The zero-order valence-electron chi connectivity index (χ0n) is 13.4. The summed E-state index contributed by atoms with van der Waals surface area (Å²) < 4.78 is 55.4. The van der Waals surface area contributed by atoms with Crippen LogP contribution in [0.2, 0.25) is 10.0 Å². The largest absolute Gasteiger partial charge is 0.404 e. The normalized spacial score (nSPS) is 11.5. The molecule has 2 aromatic rings. The van der Waals surface area contributed by atoms with Gasteiger partial charge in [-0.15, -0.1) is 0 Å². The van der Waals surface area contributed by atoms with Gasteiger partial charge in [0.2, 0.25) is 0 Å². The lowest BCUT2D eigenvalue weighted by Gasteiger charge is -2.11. The maximum Gasteiger partial charge on any atom is 0.263 e. The Kier molecular flexibility index (Phi) is 6.44. The maximum atomic E-state index is 14.6. The van der Waals surface area contributed by atoms with Crippen LogP contribution in [-0.4, -0.2) is 14.6 Å². The highest BCUT2D eigenvalue weighted by Crippen LogP contribution is 2.28. The van der Waals surface area contributed by atoms with Gasteiger partial charge >= 0.3 is 0 Å². The van der Waals surface area contributed by atoms with Crippen molar-refractivity contribution in [3.63, 3.8) is 0 Å². The lowest BCUT2D eigenvalue weighted by Crippen LogP contribution is -2.15. The van der Waals surface area contributed by atoms with Crippen molar-refractivity contribution in [3.05, 3.63) is 69.3 Å². The third-order valence-corrected chi connectivity index (χ3v) is 5.27. The van der Waals surface area contributed by atoms with Crippen molar-refractivity contribution in [2.24, 2.45) is 5.73 Å². The third-order valence-electron chi connectivity index (χ3n) is 3.19. The molecule has 10 heteroatoms. The molecule has 0 amide bonds. The van der Waals surface area contributed by atoms with Gasteiger partial charge in [-0.3, -0.25) is 4.72 Å². The fourth-order valence-electron chi connectivity index (χ4n) is 1.89. The number of hydrogen-bond acceptors (Lipinski definition) is 4. The van der Waals surface area contributed by atoms with Crippen LogP contribution in [0.4, 0.5) is 14.5 Å². The van der Waals surface area contributed by atoms with Gasteiger partial charge in [0.25, 0.3) is 10.0 Å². The number of nitrogens with two attached hydrogens (primary N) is 1. The van der Waals surface area contributed by atoms with E-state index in [4.69, 9.17) is 34.3 Å². The second kappa shape index (κ2) is 8.39. The molecule has 0 atom stereocenters. The molecule has 0 aromatic heterocycles. The van der Waals surface area contributed by atoms with Crippen LogP contribution in [0.15, 0.2) is 47.0 Å². The van der Waals surface area contributed by atoms with Crippen molar-refractivity contribution in [2.75, 3.05) is 4.72 Å². The smallest absolute Gasteiger partial charge is 0.263 e. The molecule has 0 unspecified atom stereocenters. The molecule has 0 fully saturated rings. The molecular weight excluding hydrogens is 419 g/mol. The van der Waals surface area contributed by atoms with Gasteiger partial charge in [0.05, 0.1) is 21.8 Å². The predicted molar refractivity (Wildman–Crippen MR) is 102 cm³/mol. The van der Waals surface area contributed by atoms with Crippen molar-refractivity contribution >= 4 is 45.1 Å². The molecule has 0 aliphatic carbocycles. The Morgan fingerprint density at radius 3 is 2.56 bits per heavy atom. The maximum absolute atomic E-state index is 14.6. The summed E-state index contributed by atoms with van der Waals surface area (Å²) in [6.07, 6.45) is 1.79. The molecule has 27 heavy (non-hydrogen) atoms. The summed E-state index contributed by atoms with van der Waals surface area (Å²) in [4.78, 5) is -0.370. The quantitative estimate of drug-likeness (QED) is 0.507. The second-order valence-corrected chi connectivity index (χ2v) is 7.47. The van der Waals surface area contributed by atoms with E-state index >= 15 is 0 Å². The predicted octanol–water partition coefficient (Wildman–Crippen LogP) is 3.92. The molecule has 0 aliphatic heterocycles. The van der Waals surface area contributed by atoms with E-state index in [0.717, 1.165) is 30.6 Å². The lowest BCUT2D eigenvalue weighted by atomic mass is 10.1. The highest BCUT2D eigenvalue weighted by Gasteiger charge is 2.22. The van der Waals surface area contributed by atoms with Gasteiger partial charge in [-0.05, 0) is 30.3 Å². The van der Waals surface area contributed by atoms with Crippen molar-refractivity contribution in [1.29, 1.82) is 5.41 Å². The number of sulfonamides is 1. The Balaban J connectivity index is 2.50. The van der Waals surface area contributed by atoms with Crippen LogP contribution in [-0.2, 0) is 10.0 Å². The number of benzene rings is 2. The van der Waals surface area contributed by atoms with E-state index in [1.165, 1.54) is 12.1 Å². The summed E-state index contributed by atoms with van der Waals surface area (Å²) in [6, 6.07) is 5.51. The zero-order valence-corrected chi connectivity index (χ0v) is 15.7. The molecular formula is C17H11Cl2F2N3O2S. The molecule has 0 spiro atoms. The molecule has 140 valence electrons. The minimum Gasteiger partial charge on any atom is -0.404 e. The fourth-order valence-corrected chi connectivity index (χ4v) is 3.71. The zero-order chi connectivity index (χ0) is 20.2. The Bertz CT molecular complexity index is 1110. The highest BCUT2D eigenvalue weighted by molar-refractivity contribution is 7.92. The van der Waals surface area contributed by atoms with E-state index in [2.05, 4.69) is 11.8 Å². The molecule has 4 N–H and O–H groups in total. The molecule has 0 aliphatic rings. The van der Waals surface area contributed by atoms with Crippen LogP contribution in [0.5, 0.6) is 0 Å². The number of nitrogens with one attached hydrogen (secondary N) is 2. The van der Waals surface area contributed by atoms with Gasteiger partial charge in [-0.1, -0.05) is 35.0 Å². The summed E-state index contributed by atoms with van der Waals surface area (Å²) >= 11 is 11.6. The average molecular weight is 430 g/mol. The van der Waals surface area contributed by atoms with E-state index in [-0.39, 0.29) is 20.5 Å². The number of allylic oxidation sites excluding steroid dienone is 1. The van der Waals surface area contributed by atoms with Gasteiger partial charge < -0.3 is 11.1 Å². The van der Waals surface area contributed by atoms with Gasteiger partial charge in [-0.2, -0.15) is 0 Å². The first-order chi connectivity index (χ1) is 12.7. The first-order valence-electron chi connectivity index (χ1n) is 7.10. The average Bonchev–Trinajstić information content (AvgIpc) is 2.62. The molecule has 0 heterocycles. The van der Waals surface area contributed by atoms with E-state index in [9.17, 15) is 17.2 Å². The summed E-state index contributed by atoms with van der Waals surface area (Å²) in [5.41, 5.74) is 4.00. The SMILES string of the molecule is N=C/C(C#Cc1c(F)ccc(NS(=O)(=O)c2cc(Cl)ccc2Cl)c1F)=C\N. The summed E-state index contributed by atoms with van der Waals surface area (Å²) in [5, 5.41) is 7.03. The topological polar surface area (TPSA) is 96.0 Å². The molecule has 2 aromatic carbocycles. The van der Waals surface area contributed by atoms with Crippen LogP contribution in [0, 0.1) is 28.9 Å². The first kappa shape index (κ1) is 20.7. The Labute approximate surface area is 164 Å². The molecule has 0 bridgehead atoms. The molecule has 0 saturated heterocycles. The van der Waals surface area contributed by atoms with E-state index < -0.39 is 32.9 Å². The van der Waals surface area contributed by atoms with Crippen LogP contribution >= 0.6 is 23.2 Å². The molecule has 5 nitrogen and oxygen atoms in total. The summed E-state index contributed by atoms with van der Waals surface area (Å²) in [7, 11) is -4.30. The van der Waals surface area contributed by atoms with Crippen molar-refractivity contribution < 1.29 is 17.2 Å². The van der Waals surface area contributed by atoms with Crippen LogP contribution < -0.4 is 10.5 Å². The monoisotopic (exact) mass is 429 g/mol. The first-order valence-corrected chi connectivity index (χ1v) is 9.33. The summed E-state index contributed by atoms with van der Waals surface area (Å²) in [6.45, 7) is 0. The standard InChI is InChI=1S/C17H11Cl2F2N3O2S/c18-11-2-4-13(19)16(7-11)27(25,26)24-15-6-5-14(20)12(17(15)21)3-1-10(8-22)9-23/h2,4-9,22,24H,23H2/b10-9-,22-8?. The highest BCUT2D eigenvalue weighted by atomic mass is 35.5. The minimum atomic E-state index is -4.30.